The minimum atomic E-state index is -3.25. The van der Waals surface area contributed by atoms with Gasteiger partial charge in [-0.15, -0.1) is 0 Å². The molecule has 1 aliphatic carbocycles. The Kier molecular flexibility index (Phi) is 3.19. The van der Waals surface area contributed by atoms with Gasteiger partial charge in [-0.25, -0.2) is 8.42 Å². The molecule has 2 saturated heterocycles. The Hall–Kier alpha value is -2.18. The van der Waals surface area contributed by atoms with Crippen molar-refractivity contribution in [1.82, 2.24) is 4.90 Å². The Bertz CT molecular complexity index is 1010. The van der Waals surface area contributed by atoms with E-state index in [1.165, 1.54) is 17.4 Å². The van der Waals surface area contributed by atoms with Gasteiger partial charge in [0.1, 0.15) is 0 Å². The lowest BCUT2D eigenvalue weighted by Gasteiger charge is -2.34. The van der Waals surface area contributed by atoms with E-state index >= 15 is 0 Å². The van der Waals surface area contributed by atoms with Crippen molar-refractivity contribution in [1.29, 1.82) is 0 Å². The van der Waals surface area contributed by atoms with Gasteiger partial charge in [-0.3, -0.25) is 4.79 Å². The van der Waals surface area contributed by atoms with Crippen LogP contribution in [0.1, 0.15) is 35.6 Å². The lowest BCUT2D eigenvalue weighted by molar-refractivity contribution is -0.141. The van der Waals surface area contributed by atoms with Crippen molar-refractivity contribution >= 4 is 15.7 Å². The van der Waals surface area contributed by atoms with Crippen molar-refractivity contribution in [3.8, 4) is 0 Å². The molecule has 0 radical (unpaired) electrons. The van der Waals surface area contributed by atoms with Crippen LogP contribution in [0.5, 0.6) is 0 Å². The minimum absolute atomic E-state index is 0.0498. The van der Waals surface area contributed by atoms with Gasteiger partial charge in [0.2, 0.25) is 5.91 Å². The van der Waals surface area contributed by atoms with Crippen LogP contribution in [0, 0.1) is 0 Å². The first kappa shape index (κ1) is 16.0. The van der Waals surface area contributed by atoms with Gasteiger partial charge < -0.3 is 9.64 Å². The van der Waals surface area contributed by atoms with Crippen LogP contribution in [0.3, 0.4) is 0 Å². The fraction of sp³-hybridized carbons (Fsp3) is 0.350. The van der Waals surface area contributed by atoms with Gasteiger partial charge in [-0.2, -0.15) is 0 Å². The number of benzene rings is 2. The molecule has 5 rings (SSSR count). The van der Waals surface area contributed by atoms with Crippen molar-refractivity contribution in [2.45, 2.75) is 42.0 Å². The average Bonchev–Trinajstić information content (AvgIpc) is 3.22. The standard InChI is InChI=1S/C20H19NO4S/c1-26(23,24)15-8-6-14(7-9-15)20-11-10-18(22)21(20)19-16-5-3-2-4-13(16)12-17(19)25-20/h2-9,17,19H,10-12H2,1H3/t17-,19+,20+/m1/s1. The van der Waals surface area contributed by atoms with Crippen LogP contribution in [0.25, 0.3) is 0 Å². The molecule has 2 heterocycles. The highest BCUT2D eigenvalue weighted by Crippen LogP contribution is 2.57. The topological polar surface area (TPSA) is 63.7 Å². The van der Waals surface area contributed by atoms with Gasteiger partial charge >= 0.3 is 0 Å². The average molecular weight is 369 g/mol. The van der Waals surface area contributed by atoms with Crippen LogP contribution in [-0.2, 0) is 31.5 Å². The number of nitrogens with zero attached hydrogens (tertiary/aromatic N) is 1. The summed E-state index contributed by atoms with van der Waals surface area (Å²) in [4.78, 5) is 14.9. The Labute approximate surface area is 152 Å². The fourth-order valence-electron chi connectivity index (χ4n) is 4.73. The van der Waals surface area contributed by atoms with Crippen molar-refractivity contribution < 1.29 is 17.9 Å². The van der Waals surface area contributed by atoms with Crippen LogP contribution in [0.15, 0.2) is 53.4 Å². The Morgan fingerprint density at radius 1 is 1.12 bits per heavy atom. The van der Waals surface area contributed by atoms with Gasteiger partial charge in [0.25, 0.3) is 0 Å². The zero-order chi connectivity index (χ0) is 18.1. The van der Waals surface area contributed by atoms with Gasteiger partial charge in [-0.1, -0.05) is 36.4 Å². The zero-order valence-corrected chi connectivity index (χ0v) is 15.2. The van der Waals surface area contributed by atoms with Crippen LogP contribution in [-0.4, -0.2) is 31.6 Å². The van der Waals surface area contributed by atoms with E-state index in [1.54, 1.807) is 24.3 Å². The van der Waals surface area contributed by atoms with Crippen LogP contribution >= 0.6 is 0 Å². The molecule has 2 fully saturated rings. The number of fused-ring (bicyclic) bond motifs is 5. The number of carbonyl (C=O) groups excluding carboxylic acids is 1. The summed E-state index contributed by atoms with van der Waals surface area (Å²) in [5.41, 5.74) is 2.48. The van der Waals surface area contributed by atoms with Gasteiger partial charge in [-0.05, 0) is 23.3 Å². The zero-order valence-electron chi connectivity index (χ0n) is 14.4. The Morgan fingerprint density at radius 3 is 2.58 bits per heavy atom. The monoisotopic (exact) mass is 369 g/mol. The molecule has 0 bridgehead atoms. The third kappa shape index (κ3) is 2.06. The molecule has 0 spiro atoms. The molecule has 2 aliphatic heterocycles. The smallest absolute Gasteiger partial charge is 0.225 e. The lowest BCUT2D eigenvalue weighted by atomic mass is 9.99. The molecule has 0 saturated carbocycles. The number of hydrogen-bond donors (Lipinski definition) is 0. The largest absolute Gasteiger partial charge is 0.345 e. The van der Waals surface area contributed by atoms with Crippen LogP contribution < -0.4 is 0 Å². The summed E-state index contributed by atoms with van der Waals surface area (Å²) >= 11 is 0. The summed E-state index contributed by atoms with van der Waals surface area (Å²) in [6.45, 7) is 0. The lowest BCUT2D eigenvalue weighted by Crippen LogP contribution is -2.40. The van der Waals surface area contributed by atoms with Crippen molar-refractivity contribution in [3.63, 3.8) is 0 Å². The highest BCUT2D eigenvalue weighted by Gasteiger charge is 2.61. The van der Waals surface area contributed by atoms with Crippen molar-refractivity contribution in [2.75, 3.05) is 6.26 Å². The number of hydrogen-bond acceptors (Lipinski definition) is 4. The molecule has 2 aromatic carbocycles. The maximum Gasteiger partial charge on any atom is 0.225 e. The summed E-state index contributed by atoms with van der Waals surface area (Å²) in [6, 6.07) is 14.9. The number of ether oxygens (including phenoxy) is 1. The maximum absolute atomic E-state index is 12.8. The molecule has 5 nitrogen and oxygen atoms in total. The van der Waals surface area contributed by atoms with E-state index < -0.39 is 15.6 Å². The second-order valence-electron chi connectivity index (χ2n) is 7.35. The quantitative estimate of drug-likeness (QED) is 0.816. The van der Waals surface area contributed by atoms with E-state index in [2.05, 4.69) is 12.1 Å². The number of carbonyl (C=O) groups is 1. The van der Waals surface area contributed by atoms with E-state index in [1.807, 2.05) is 17.0 Å². The molecule has 0 unspecified atom stereocenters. The van der Waals surface area contributed by atoms with E-state index in [9.17, 15) is 13.2 Å². The summed E-state index contributed by atoms with van der Waals surface area (Å²) in [5, 5.41) is 0. The molecular formula is C20H19NO4S. The normalized spacial score (nSPS) is 29.6. The molecule has 2 aromatic rings. The van der Waals surface area contributed by atoms with Gasteiger partial charge in [0, 0.05) is 31.1 Å². The van der Waals surface area contributed by atoms with E-state index in [4.69, 9.17) is 4.74 Å². The summed E-state index contributed by atoms with van der Waals surface area (Å²) < 4.78 is 30.0. The first-order valence-corrected chi connectivity index (χ1v) is 10.7. The van der Waals surface area contributed by atoms with Gasteiger partial charge in [0.15, 0.2) is 15.6 Å². The summed E-state index contributed by atoms with van der Waals surface area (Å²) in [7, 11) is -3.25. The third-order valence-electron chi connectivity index (χ3n) is 5.84. The maximum atomic E-state index is 12.8. The SMILES string of the molecule is CS(=O)(=O)c1ccc([C@@]23CCC(=O)N2[C@H]2c4ccccc4C[C@H]2O3)cc1. The van der Waals surface area contributed by atoms with Crippen LogP contribution in [0.4, 0.5) is 0 Å². The minimum Gasteiger partial charge on any atom is -0.345 e. The fourth-order valence-corrected chi connectivity index (χ4v) is 5.36. The molecular weight excluding hydrogens is 350 g/mol. The highest BCUT2D eigenvalue weighted by atomic mass is 32.2. The van der Waals surface area contributed by atoms with Crippen LogP contribution in [0.2, 0.25) is 0 Å². The molecule has 134 valence electrons. The first-order chi connectivity index (χ1) is 12.4. The summed E-state index contributed by atoms with van der Waals surface area (Å²) in [5.74, 6) is 0.0985. The number of amides is 1. The summed E-state index contributed by atoms with van der Waals surface area (Å²) in [6.07, 6.45) is 2.98. The van der Waals surface area contributed by atoms with E-state index in [-0.39, 0.29) is 22.9 Å². The molecule has 3 atom stereocenters. The Balaban J connectivity index is 1.60. The second-order valence-corrected chi connectivity index (χ2v) is 9.36. The molecule has 6 heteroatoms. The molecule has 0 aromatic heterocycles. The third-order valence-corrected chi connectivity index (χ3v) is 6.97. The predicted molar refractivity (Wildman–Crippen MR) is 95.1 cm³/mol. The van der Waals surface area contributed by atoms with Crippen molar-refractivity contribution in [3.05, 3.63) is 65.2 Å². The van der Waals surface area contributed by atoms with Crippen molar-refractivity contribution in [2.24, 2.45) is 0 Å². The number of rotatable bonds is 2. The molecule has 3 aliphatic rings. The molecule has 26 heavy (non-hydrogen) atoms. The van der Waals surface area contributed by atoms with E-state index in [0.29, 0.717) is 12.8 Å². The molecule has 1 amide bonds. The van der Waals surface area contributed by atoms with E-state index in [0.717, 1.165) is 12.0 Å². The Morgan fingerprint density at radius 2 is 1.85 bits per heavy atom. The first-order valence-electron chi connectivity index (χ1n) is 8.78. The van der Waals surface area contributed by atoms with Gasteiger partial charge in [0.05, 0.1) is 17.0 Å². The predicted octanol–water partition coefficient (Wildman–Crippen LogP) is 2.56. The second kappa shape index (κ2) is 5.18. The highest BCUT2D eigenvalue weighted by molar-refractivity contribution is 7.90. The number of sulfone groups is 1. The molecule has 0 N–H and O–H groups in total.